The maximum Gasteiger partial charge on any atom is 0.179 e. The first-order chi connectivity index (χ1) is 19.0. The van der Waals surface area contributed by atoms with Crippen LogP contribution in [-0.2, 0) is 24.1 Å². The van der Waals surface area contributed by atoms with Crippen LogP contribution < -0.4 is 0 Å². The minimum atomic E-state index is -1.49. The summed E-state index contributed by atoms with van der Waals surface area (Å²) in [6, 6.07) is 12.2. The number of hydrogen-bond donors (Lipinski definition) is 3. The molecule has 0 spiro atoms. The SMILES string of the molecule is C=C[C@@]12C(=O)[C@@](C)(O)[C@@H](C[C@@H]1c1cc(C)cc3c1-c1ccc(O)c(C)c1CC3)C1=C2c2cc(O)c(C)cc2CC1. The standard InChI is InChI=1S/C36H36O4/c1-6-36-29(27-14-18(2)13-22-8-9-23-20(4)30(37)12-11-24(23)32(22)27)17-28(35(5,40)34(36)39)25-10-7-21-15-19(3)31(38)16-26(21)33(25)36/h6,11-16,28-29,37-38,40H,1,7-10,17H2,2-5H3/t28-,29+,35-,36+/m0/s1. The molecule has 4 nitrogen and oxygen atoms in total. The third kappa shape index (κ3) is 3.03. The molecule has 3 aromatic carbocycles. The smallest absolute Gasteiger partial charge is 0.179 e. The van der Waals surface area contributed by atoms with Crippen molar-refractivity contribution in [1.29, 1.82) is 0 Å². The van der Waals surface area contributed by atoms with Gasteiger partial charge in [-0.3, -0.25) is 4.79 Å². The molecule has 0 saturated heterocycles. The number of ketones is 1. The van der Waals surface area contributed by atoms with E-state index in [1.165, 1.54) is 5.56 Å². The molecule has 1 saturated carbocycles. The Morgan fingerprint density at radius 3 is 2.40 bits per heavy atom. The van der Waals surface area contributed by atoms with E-state index >= 15 is 0 Å². The van der Waals surface area contributed by atoms with E-state index in [0.29, 0.717) is 12.2 Å². The van der Waals surface area contributed by atoms with Gasteiger partial charge in [-0.05, 0) is 128 Å². The molecule has 0 aliphatic heterocycles. The third-order valence-corrected chi connectivity index (χ3v) is 10.6. The summed E-state index contributed by atoms with van der Waals surface area (Å²) < 4.78 is 0. The lowest BCUT2D eigenvalue weighted by atomic mass is 9.44. The monoisotopic (exact) mass is 532 g/mol. The molecular weight excluding hydrogens is 496 g/mol. The number of carbonyl (C=O) groups is 1. The van der Waals surface area contributed by atoms with Crippen molar-refractivity contribution < 1.29 is 20.1 Å². The van der Waals surface area contributed by atoms with E-state index in [2.05, 4.69) is 25.6 Å². The van der Waals surface area contributed by atoms with Gasteiger partial charge in [0.2, 0.25) is 0 Å². The molecule has 204 valence electrons. The van der Waals surface area contributed by atoms with Crippen molar-refractivity contribution in [3.8, 4) is 22.6 Å². The number of aryl methyl sites for hydroxylation is 4. The summed E-state index contributed by atoms with van der Waals surface area (Å²) in [7, 11) is 0. The van der Waals surface area contributed by atoms with E-state index in [0.717, 1.165) is 86.9 Å². The summed E-state index contributed by atoms with van der Waals surface area (Å²) in [5.74, 6) is -0.189. The Hall–Kier alpha value is -3.63. The van der Waals surface area contributed by atoms with Crippen molar-refractivity contribution in [2.75, 3.05) is 0 Å². The average Bonchev–Trinajstić information content (AvgIpc) is 2.92. The maximum atomic E-state index is 14.6. The van der Waals surface area contributed by atoms with Crippen molar-refractivity contribution in [1.82, 2.24) is 0 Å². The lowest BCUT2D eigenvalue weighted by Gasteiger charge is -2.59. The number of fused-ring (bicyclic) bond motifs is 6. The summed E-state index contributed by atoms with van der Waals surface area (Å²) >= 11 is 0. The summed E-state index contributed by atoms with van der Waals surface area (Å²) in [5.41, 5.74) is 10.2. The molecule has 0 amide bonds. The minimum Gasteiger partial charge on any atom is -0.508 e. The maximum absolute atomic E-state index is 14.6. The largest absolute Gasteiger partial charge is 0.508 e. The minimum absolute atomic E-state index is 0.198. The molecule has 1 fully saturated rings. The molecule has 5 aliphatic carbocycles. The second kappa shape index (κ2) is 8.20. The Kier molecular flexibility index (Phi) is 5.20. The molecule has 0 radical (unpaired) electrons. The summed E-state index contributed by atoms with van der Waals surface area (Å²) in [6.45, 7) is 12.0. The van der Waals surface area contributed by atoms with Crippen LogP contribution in [-0.4, -0.2) is 26.7 Å². The quantitative estimate of drug-likeness (QED) is 0.317. The van der Waals surface area contributed by atoms with Crippen LogP contribution in [0, 0.1) is 32.1 Å². The van der Waals surface area contributed by atoms with Gasteiger partial charge in [0.15, 0.2) is 5.78 Å². The molecular formula is C36H36O4. The van der Waals surface area contributed by atoms with Gasteiger partial charge in [-0.25, -0.2) is 0 Å². The van der Waals surface area contributed by atoms with Gasteiger partial charge in [-0.2, -0.15) is 0 Å². The van der Waals surface area contributed by atoms with Gasteiger partial charge in [0.05, 0.1) is 5.41 Å². The summed E-state index contributed by atoms with van der Waals surface area (Å²) in [6.07, 6.45) is 5.79. The van der Waals surface area contributed by atoms with Crippen LogP contribution in [0.1, 0.15) is 70.2 Å². The highest BCUT2D eigenvalue weighted by Crippen LogP contribution is 2.67. The number of benzene rings is 3. The normalized spacial score (nSPS) is 28.1. The van der Waals surface area contributed by atoms with E-state index in [1.54, 1.807) is 19.1 Å². The fourth-order valence-corrected chi connectivity index (χ4v) is 8.72. The van der Waals surface area contributed by atoms with Crippen LogP contribution in [0.2, 0.25) is 0 Å². The third-order valence-electron chi connectivity index (χ3n) is 10.6. The number of phenols is 2. The zero-order chi connectivity index (χ0) is 28.3. The summed E-state index contributed by atoms with van der Waals surface area (Å²) in [5, 5.41) is 33.1. The number of hydrogen-bond acceptors (Lipinski definition) is 4. The van der Waals surface area contributed by atoms with E-state index in [1.807, 2.05) is 32.0 Å². The highest BCUT2D eigenvalue weighted by Gasteiger charge is 2.66. The van der Waals surface area contributed by atoms with Crippen LogP contribution in [0.15, 0.2) is 54.6 Å². The fourth-order valence-electron chi connectivity index (χ4n) is 8.72. The van der Waals surface area contributed by atoms with E-state index < -0.39 is 11.0 Å². The van der Waals surface area contributed by atoms with Crippen LogP contribution in [0.4, 0.5) is 0 Å². The lowest BCUT2D eigenvalue weighted by Crippen LogP contribution is -2.62. The fraction of sp³-hybridized carbons (Fsp3) is 0.361. The van der Waals surface area contributed by atoms with Gasteiger partial charge >= 0.3 is 0 Å². The number of aliphatic hydroxyl groups is 1. The molecule has 5 aliphatic rings. The molecule has 4 heteroatoms. The van der Waals surface area contributed by atoms with Gasteiger partial charge in [-0.1, -0.05) is 41.5 Å². The first-order valence-electron chi connectivity index (χ1n) is 14.4. The number of aromatic hydroxyl groups is 2. The average molecular weight is 533 g/mol. The van der Waals surface area contributed by atoms with Crippen molar-refractivity contribution in [2.45, 2.75) is 71.3 Å². The van der Waals surface area contributed by atoms with E-state index in [-0.39, 0.29) is 23.4 Å². The topological polar surface area (TPSA) is 77.8 Å². The van der Waals surface area contributed by atoms with Crippen LogP contribution in [0.3, 0.4) is 0 Å². The Balaban J connectivity index is 1.54. The number of carbonyl (C=O) groups excluding carboxylic acids is 1. The van der Waals surface area contributed by atoms with Gasteiger partial charge in [0, 0.05) is 11.8 Å². The second-order valence-corrected chi connectivity index (χ2v) is 12.7. The van der Waals surface area contributed by atoms with Crippen molar-refractivity contribution in [3.05, 3.63) is 99.1 Å². The van der Waals surface area contributed by atoms with Gasteiger partial charge in [0.1, 0.15) is 17.1 Å². The molecule has 40 heavy (non-hydrogen) atoms. The van der Waals surface area contributed by atoms with Crippen LogP contribution in [0.5, 0.6) is 11.5 Å². The molecule has 0 aromatic heterocycles. The Bertz CT molecular complexity index is 1700. The van der Waals surface area contributed by atoms with Crippen molar-refractivity contribution >= 4 is 11.4 Å². The van der Waals surface area contributed by atoms with Gasteiger partial charge in [0.25, 0.3) is 0 Å². The molecule has 4 atom stereocenters. The Morgan fingerprint density at radius 2 is 1.65 bits per heavy atom. The van der Waals surface area contributed by atoms with Crippen molar-refractivity contribution in [2.24, 2.45) is 11.3 Å². The molecule has 3 aromatic rings. The molecule has 8 rings (SSSR count). The molecule has 2 bridgehead atoms. The molecule has 0 unspecified atom stereocenters. The van der Waals surface area contributed by atoms with Crippen LogP contribution in [0.25, 0.3) is 16.7 Å². The number of Topliss-reactive ketones (excluding diaryl/α,β-unsaturated/α-hetero) is 1. The molecule has 0 heterocycles. The first-order valence-corrected chi connectivity index (χ1v) is 14.4. The van der Waals surface area contributed by atoms with Crippen molar-refractivity contribution in [3.63, 3.8) is 0 Å². The zero-order valence-corrected chi connectivity index (χ0v) is 23.7. The van der Waals surface area contributed by atoms with Crippen LogP contribution >= 0.6 is 0 Å². The van der Waals surface area contributed by atoms with Gasteiger partial charge in [-0.15, -0.1) is 6.58 Å². The highest BCUT2D eigenvalue weighted by molar-refractivity contribution is 6.10. The first kappa shape index (κ1) is 25.3. The van der Waals surface area contributed by atoms with Gasteiger partial charge < -0.3 is 15.3 Å². The second-order valence-electron chi connectivity index (χ2n) is 12.7. The Labute approximate surface area is 235 Å². The Morgan fingerprint density at radius 1 is 0.900 bits per heavy atom. The van der Waals surface area contributed by atoms with E-state index in [9.17, 15) is 20.1 Å². The number of allylic oxidation sites excluding steroid dienone is 2. The van der Waals surface area contributed by atoms with E-state index in [4.69, 9.17) is 0 Å². The molecule has 3 N–H and O–H groups in total. The predicted molar refractivity (Wildman–Crippen MR) is 158 cm³/mol. The zero-order valence-electron chi connectivity index (χ0n) is 23.7. The number of phenolic OH excluding ortho intramolecular Hbond substituents is 2. The lowest BCUT2D eigenvalue weighted by molar-refractivity contribution is -0.154. The predicted octanol–water partition coefficient (Wildman–Crippen LogP) is 6.80. The highest BCUT2D eigenvalue weighted by atomic mass is 16.3. The summed E-state index contributed by atoms with van der Waals surface area (Å²) in [4.78, 5) is 14.6. The number of rotatable bonds is 2.